The Balaban J connectivity index is 1.72. The minimum atomic E-state index is -3.66. The van der Waals surface area contributed by atoms with Crippen molar-refractivity contribution in [1.29, 1.82) is 0 Å². The van der Waals surface area contributed by atoms with Crippen molar-refractivity contribution in [2.75, 3.05) is 58.4 Å². The largest absolute Gasteiger partial charge is 0.383 e. The van der Waals surface area contributed by atoms with Gasteiger partial charge in [-0.3, -0.25) is 9.59 Å². The minimum absolute atomic E-state index is 0.113. The maximum absolute atomic E-state index is 13.1. The molecule has 0 unspecified atom stereocenters. The molecule has 10 heteroatoms. The first-order valence-electron chi connectivity index (χ1n) is 11.1. The lowest BCUT2D eigenvalue weighted by atomic mass is 10.1. The Hall–Kier alpha value is -2.79. The van der Waals surface area contributed by atoms with E-state index < -0.39 is 10.0 Å². The van der Waals surface area contributed by atoms with E-state index in [0.717, 1.165) is 11.1 Å². The van der Waals surface area contributed by atoms with Crippen molar-refractivity contribution in [1.82, 2.24) is 9.21 Å². The van der Waals surface area contributed by atoms with Crippen LogP contribution in [0.4, 0.5) is 5.69 Å². The second-order valence-corrected chi connectivity index (χ2v) is 9.99. The number of aryl methyl sites for hydroxylation is 1. The van der Waals surface area contributed by atoms with Crippen LogP contribution in [0, 0.1) is 13.8 Å². The molecule has 0 atom stereocenters. The SMILES string of the molecule is COCCN(CC(=O)Nc1cccc(C)c1C)C(=O)c1ccc(S(=O)(=O)N2CCOCC2)cc1. The van der Waals surface area contributed by atoms with Crippen molar-refractivity contribution in [2.45, 2.75) is 18.7 Å². The Morgan fingerprint density at radius 3 is 2.41 bits per heavy atom. The zero-order valence-electron chi connectivity index (χ0n) is 19.7. The van der Waals surface area contributed by atoms with E-state index in [2.05, 4.69) is 5.32 Å². The monoisotopic (exact) mass is 489 g/mol. The average molecular weight is 490 g/mol. The molecule has 1 N–H and O–H groups in total. The van der Waals surface area contributed by atoms with Crippen LogP contribution in [-0.2, 0) is 24.3 Å². The van der Waals surface area contributed by atoms with E-state index in [4.69, 9.17) is 9.47 Å². The van der Waals surface area contributed by atoms with Crippen LogP contribution in [0.25, 0.3) is 0 Å². The average Bonchev–Trinajstić information content (AvgIpc) is 2.84. The second kappa shape index (κ2) is 11.6. The molecular weight excluding hydrogens is 458 g/mol. The summed E-state index contributed by atoms with van der Waals surface area (Å²) in [6.45, 7) is 5.49. The van der Waals surface area contributed by atoms with Gasteiger partial charge in [0.15, 0.2) is 0 Å². The molecule has 2 aromatic rings. The van der Waals surface area contributed by atoms with E-state index in [0.29, 0.717) is 32.0 Å². The van der Waals surface area contributed by atoms with Gasteiger partial charge in [-0.2, -0.15) is 4.31 Å². The van der Waals surface area contributed by atoms with Crippen molar-refractivity contribution in [3.8, 4) is 0 Å². The molecule has 0 aliphatic carbocycles. The second-order valence-electron chi connectivity index (χ2n) is 8.06. The Morgan fingerprint density at radius 2 is 1.76 bits per heavy atom. The zero-order valence-corrected chi connectivity index (χ0v) is 20.6. The highest BCUT2D eigenvalue weighted by Crippen LogP contribution is 2.20. The number of anilines is 1. The molecule has 0 bridgehead atoms. The number of hydrogen-bond acceptors (Lipinski definition) is 6. The lowest BCUT2D eigenvalue weighted by molar-refractivity contribution is -0.117. The van der Waals surface area contributed by atoms with Gasteiger partial charge in [0.2, 0.25) is 15.9 Å². The van der Waals surface area contributed by atoms with Crippen LogP contribution in [0.15, 0.2) is 47.4 Å². The number of rotatable bonds is 9. The van der Waals surface area contributed by atoms with Crippen molar-refractivity contribution < 1.29 is 27.5 Å². The summed E-state index contributed by atoms with van der Waals surface area (Å²) in [6, 6.07) is 11.4. The molecule has 3 rings (SSSR count). The van der Waals surface area contributed by atoms with Crippen molar-refractivity contribution >= 4 is 27.5 Å². The van der Waals surface area contributed by atoms with Gasteiger partial charge in [0, 0.05) is 38.0 Å². The summed E-state index contributed by atoms with van der Waals surface area (Å²) in [5.41, 5.74) is 3.00. The zero-order chi connectivity index (χ0) is 24.7. The summed E-state index contributed by atoms with van der Waals surface area (Å²) in [5.74, 6) is -0.715. The van der Waals surface area contributed by atoms with Gasteiger partial charge in [-0.25, -0.2) is 8.42 Å². The van der Waals surface area contributed by atoms with Crippen LogP contribution in [0.2, 0.25) is 0 Å². The molecule has 9 nitrogen and oxygen atoms in total. The number of carbonyl (C=O) groups excluding carboxylic acids is 2. The molecule has 2 amide bonds. The van der Waals surface area contributed by atoms with E-state index in [-0.39, 0.29) is 42.0 Å². The molecular formula is C24H31N3O6S. The number of methoxy groups -OCH3 is 1. The molecule has 0 aromatic heterocycles. The van der Waals surface area contributed by atoms with Gasteiger partial charge in [0.05, 0.1) is 24.7 Å². The quantitative estimate of drug-likeness (QED) is 0.578. The van der Waals surface area contributed by atoms with Crippen molar-refractivity contribution in [3.05, 3.63) is 59.2 Å². The van der Waals surface area contributed by atoms with Crippen LogP contribution in [0.3, 0.4) is 0 Å². The highest BCUT2D eigenvalue weighted by Gasteiger charge is 2.27. The Kier molecular flexibility index (Phi) is 8.78. The smallest absolute Gasteiger partial charge is 0.254 e. The lowest BCUT2D eigenvalue weighted by Gasteiger charge is -2.26. The van der Waals surface area contributed by atoms with Gasteiger partial charge < -0.3 is 19.7 Å². The number of nitrogens with zero attached hydrogens (tertiary/aromatic N) is 2. The van der Waals surface area contributed by atoms with Crippen LogP contribution in [0.5, 0.6) is 0 Å². The maximum Gasteiger partial charge on any atom is 0.254 e. The number of hydrogen-bond donors (Lipinski definition) is 1. The molecule has 1 aliphatic heterocycles. The van der Waals surface area contributed by atoms with Gasteiger partial charge >= 0.3 is 0 Å². The predicted octanol–water partition coefficient (Wildman–Crippen LogP) is 2.05. The third-order valence-electron chi connectivity index (χ3n) is 5.77. The van der Waals surface area contributed by atoms with Crippen LogP contribution >= 0.6 is 0 Å². The third kappa shape index (κ3) is 6.20. The van der Waals surface area contributed by atoms with Gasteiger partial charge in [0.1, 0.15) is 6.54 Å². The summed E-state index contributed by atoms with van der Waals surface area (Å²) >= 11 is 0. The molecule has 2 aromatic carbocycles. The number of nitrogens with one attached hydrogen (secondary N) is 1. The topological polar surface area (TPSA) is 105 Å². The lowest BCUT2D eigenvalue weighted by Crippen LogP contribution is -2.41. The Bertz CT molecular complexity index is 1110. The fourth-order valence-electron chi connectivity index (χ4n) is 3.59. The normalized spacial score (nSPS) is 14.6. The molecule has 1 aliphatic rings. The molecule has 0 spiro atoms. The number of amides is 2. The van der Waals surface area contributed by atoms with Crippen molar-refractivity contribution in [2.24, 2.45) is 0 Å². The molecule has 0 radical (unpaired) electrons. The Labute approximate surface area is 200 Å². The summed E-state index contributed by atoms with van der Waals surface area (Å²) < 4.78 is 37.3. The number of ether oxygens (including phenoxy) is 2. The Morgan fingerprint density at radius 1 is 1.09 bits per heavy atom. The first-order valence-corrected chi connectivity index (χ1v) is 12.5. The fraction of sp³-hybridized carbons (Fsp3) is 0.417. The fourth-order valence-corrected chi connectivity index (χ4v) is 5.00. The van der Waals surface area contributed by atoms with Crippen LogP contribution in [-0.4, -0.2) is 82.5 Å². The van der Waals surface area contributed by atoms with Crippen LogP contribution in [0.1, 0.15) is 21.5 Å². The highest BCUT2D eigenvalue weighted by molar-refractivity contribution is 7.89. The first kappa shape index (κ1) is 25.8. The standard InChI is InChI=1S/C24H31N3O6S/c1-18-5-4-6-22(19(18)2)25-23(28)17-26(11-14-32-3)24(29)20-7-9-21(10-8-20)34(30,31)27-12-15-33-16-13-27/h4-10H,11-17H2,1-3H3,(H,25,28). The summed E-state index contributed by atoms with van der Waals surface area (Å²) in [5, 5.41) is 2.86. The molecule has 184 valence electrons. The number of benzene rings is 2. The molecule has 1 saturated heterocycles. The molecule has 34 heavy (non-hydrogen) atoms. The molecule has 1 fully saturated rings. The highest BCUT2D eigenvalue weighted by atomic mass is 32.2. The van der Waals surface area contributed by atoms with E-state index in [1.54, 1.807) is 0 Å². The van der Waals surface area contributed by atoms with E-state index in [1.165, 1.54) is 40.6 Å². The molecule has 1 heterocycles. The first-order chi connectivity index (χ1) is 16.2. The van der Waals surface area contributed by atoms with E-state index >= 15 is 0 Å². The summed E-state index contributed by atoms with van der Waals surface area (Å²) in [6.07, 6.45) is 0. The number of sulfonamides is 1. The number of carbonyl (C=O) groups is 2. The van der Waals surface area contributed by atoms with E-state index in [1.807, 2.05) is 32.0 Å². The minimum Gasteiger partial charge on any atom is -0.383 e. The van der Waals surface area contributed by atoms with Crippen molar-refractivity contribution in [3.63, 3.8) is 0 Å². The molecule has 0 saturated carbocycles. The summed E-state index contributed by atoms with van der Waals surface area (Å²) in [4.78, 5) is 27.3. The van der Waals surface area contributed by atoms with Crippen LogP contribution < -0.4 is 5.32 Å². The van der Waals surface area contributed by atoms with Gasteiger partial charge in [-0.15, -0.1) is 0 Å². The van der Waals surface area contributed by atoms with Gasteiger partial charge in [0.25, 0.3) is 5.91 Å². The predicted molar refractivity (Wildman–Crippen MR) is 128 cm³/mol. The van der Waals surface area contributed by atoms with E-state index in [9.17, 15) is 18.0 Å². The van der Waals surface area contributed by atoms with Gasteiger partial charge in [-0.1, -0.05) is 12.1 Å². The number of morpholine rings is 1. The van der Waals surface area contributed by atoms with Gasteiger partial charge in [-0.05, 0) is 55.3 Å². The summed E-state index contributed by atoms with van der Waals surface area (Å²) in [7, 11) is -2.14. The third-order valence-corrected chi connectivity index (χ3v) is 7.69. The maximum atomic E-state index is 13.1.